The molecule has 182 valence electrons. The molecule has 6 rings (SSSR count). The molecule has 4 heterocycles. The van der Waals surface area contributed by atoms with E-state index in [1.807, 2.05) is 4.68 Å². The van der Waals surface area contributed by atoms with Gasteiger partial charge in [0, 0.05) is 29.9 Å². The number of benzene rings is 1. The van der Waals surface area contributed by atoms with Crippen molar-refractivity contribution in [2.24, 2.45) is 5.92 Å². The number of hydrogen-bond acceptors (Lipinski definition) is 6. The molecule has 4 aliphatic rings. The number of tetrazole rings is 1. The van der Waals surface area contributed by atoms with Crippen LogP contribution in [-0.2, 0) is 20.8 Å². The van der Waals surface area contributed by atoms with Gasteiger partial charge in [-0.15, -0.1) is 5.10 Å². The zero-order valence-corrected chi connectivity index (χ0v) is 19.7. The van der Waals surface area contributed by atoms with Gasteiger partial charge in [-0.25, -0.2) is 4.68 Å². The van der Waals surface area contributed by atoms with Crippen LogP contribution in [0.3, 0.4) is 0 Å². The standard InChI is InChI=1S/C25H34N6O3/c32-25(18-8-2-1-3-9-18)26-20-15-33-23-21(16-34-22(20)23)31-24(27-28-29-31)19-10-6-7-17(13-19)14-30-11-4-5-12-30/h6-7,10,13,18,20-23H,1-5,8-9,11-12,14-16H2,(H,26,32)/p+1/t20-,21-,22+,23+/m0/s1. The van der Waals surface area contributed by atoms with Crippen molar-refractivity contribution in [3.63, 3.8) is 0 Å². The van der Waals surface area contributed by atoms with Crippen molar-refractivity contribution < 1.29 is 19.2 Å². The first-order chi connectivity index (χ1) is 16.8. The highest BCUT2D eigenvalue weighted by atomic mass is 16.6. The number of carbonyl (C=O) groups is 1. The molecule has 0 unspecified atom stereocenters. The molecule has 9 heteroatoms. The Morgan fingerprint density at radius 3 is 2.74 bits per heavy atom. The Balaban J connectivity index is 1.15. The second-order valence-electron chi connectivity index (χ2n) is 10.4. The summed E-state index contributed by atoms with van der Waals surface area (Å²) in [6.07, 6.45) is 7.81. The first-order valence-corrected chi connectivity index (χ1v) is 13.0. The van der Waals surface area contributed by atoms with E-state index in [1.54, 1.807) is 4.90 Å². The zero-order valence-electron chi connectivity index (χ0n) is 19.7. The summed E-state index contributed by atoms with van der Waals surface area (Å²) in [5.41, 5.74) is 2.33. The third-order valence-corrected chi connectivity index (χ3v) is 8.09. The van der Waals surface area contributed by atoms with E-state index in [0.29, 0.717) is 13.2 Å². The SMILES string of the molecule is O=C(N[C@H]1CO[C@H]2[C@@H]1OC[C@@H]2n1nnnc1-c1cccc(C[NH+]2CCCC2)c1)C1CCCCC1. The third kappa shape index (κ3) is 4.36. The van der Waals surface area contributed by atoms with Crippen LogP contribution < -0.4 is 10.2 Å². The fourth-order valence-electron chi connectivity index (χ4n) is 6.25. The summed E-state index contributed by atoms with van der Waals surface area (Å²) in [5.74, 6) is 1.03. The molecule has 4 fully saturated rings. The summed E-state index contributed by atoms with van der Waals surface area (Å²) in [6.45, 7) is 4.48. The van der Waals surface area contributed by atoms with Crippen molar-refractivity contribution in [2.75, 3.05) is 26.3 Å². The second-order valence-corrected chi connectivity index (χ2v) is 10.4. The van der Waals surface area contributed by atoms with Crippen LogP contribution in [0.2, 0.25) is 0 Å². The number of ether oxygens (including phenoxy) is 2. The topological polar surface area (TPSA) is 95.6 Å². The minimum Gasteiger partial charge on any atom is -0.371 e. The maximum absolute atomic E-state index is 12.8. The van der Waals surface area contributed by atoms with Crippen LogP contribution in [-0.4, -0.2) is 70.7 Å². The maximum atomic E-state index is 12.8. The van der Waals surface area contributed by atoms with Crippen LogP contribution in [0, 0.1) is 5.92 Å². The number of nitrogens with one attached hydrogen (secondary N) is 2. The number of quaternary nitrogens is 1. The Hall–Kier alpha value is -2.36. The van der Waals surface area contributed by atoms with Gasteiger partial charge >= 0.3 is 0 Å². The summed E-state index contributed by atoms with van der Waals surface area (Å²) in [7, 11) is 0. The van der Waals surface area contributed by atoms with Gasteiger partial charge < -0.3 is 19.7 Å². The summed E-state index contributed by atoms with van der Waals surface area (Å²) >= 11 is 0. The lowest BCUT2D eigenvalue weighted by Gasteiger charge is -2.24. The van der Waals surface area contributed by atoms with Gasteiger partial charge in [0.2, 0.25) is 5.91 Å². The molecule has 9 nitrogen and oxygen atoms in total. The van der Waals surface area contributed by atoms with E-state index in [-0.39, 0.29) is 36.1 Å². The van der Waals surface area contributed by atoms with E-state index in [2.05, 4.69) is 45.1 Å². The molecule has 0 radical (unpaired) electrons. The lowest BCUT2D eigenvalue weighted by atomic mass is 9.88. The Labute approximate surface area is 200 Å². The van der Waals surface area contributed by atoms with Crippen molar-refractivity contribution in [1.29, 1.82) is 0 Å². The number of hydrogen-bond donors (Lipinski definition) is 2. The molecule has 1 aromatic carbocycles. The minimum atomic E-state index is -0.170. The molecule has 0 spiro atoms. The summed E-state index contributed by atoms with van der Waals surface area (Å²) < 4.78 is 14.2. The van der Waals surface area contributed by atoms with E-state index in [4.69, 9.17) is 9.47 Å². The molecule has 1 aliphatic carbocycles. The Bertz CT molecular complexity index is 1000. The van der Waals surface area contributed by atoms with Crippen LogP contribution >= 0.6 is 0 Å². The fourth-order valence-corrected chi connectivity index (χ4v) is 6.25. The van der Waals surface area contributed by atoms with Crippen LogP contribution in [0.4, 0.5) is 0 Å². The lowest BCUT2D eigenvalue weighted by Crippen LogP contribution is -3.08. The highest BCUT2D eigenvalue weighted by Crippen LogP contribution is 2.36. The number of carbonyl (C=O) groups excluding carboxylic acids is 1. The monoisotopic (exact) mass is 467 g/mol. The summed E-state index contributed by atoms with van der Waals surface area (Å²) in [5, 5.41) is 15.9. The van der Waals surface area contributed by atoms with E-state index in [1.165, 1.54) is 37.9 Å². The van der Waals surface area contributed by atoms with Crippen molar-refractivity contribution >= 4 is 5.91 Å². The highest BCUT2D eigenvalue weighted by Gasteiger charge is 2.50. The van der Waals surface area contributed by atoms with Crippen molar-refractivity contribution in [3.8, 4) is 11.4 Å². The van der Waals surface area contributed by atoms with Gasteiger partial charge in [0.1, 0.15) is 24.8 Å². The van der Waals surface area contributed by atoms with Gasteiger partial charge in [-0.3, -0.25) is 4.79 Å². The number of nitrogens with zero attached hydrogens (tertiary/aromatic N) is 4. The lowest BCUT2D eigenvalue weighted by molar-refractivity contribution is -0.901. The van der Waals surface area contributed by atoms with Crippen LogP contribution in [0.1, 0.15) is 56.6 Å². The Kier molecular flexibility index (Phi) is 6.32. The molecule has 1 amide bonds. The Morgan fingerprint density at radius 2 is 1.88 bits per heavy atom. The van der Waals surface area contributed by atoms with Crippen LogP contribution in [0.25, 0.3) is 11.4 Å². The quantitative estimate of drug-likeness (QED) is 0.656. The van der Waals surface area contributed by atoms with Gasteiger partial charge in [0.05, 0.1) is 32.3 Å². The smallest absolute Gasteiger partial charge is 0.223 e. The molecule has 1 saturated carbocycles. The molecular formula is C25H35N6O3+. The van der Waals surface area contributed by atoms with Crippen molar-refractivity contribution in [2.45, 2.75) is 75.8 Å². The van der Waals surface area contributed by atoms with Crippen LogP contribution in [0.5, 0.6) is 0 Å². The first-order valence-electron chi connectivity index (χ1n) is 13.0. The highest BCUT2D eigenvalue weighted by molar-refractivity contribution is 5.79. The van der Waals surface area contributed by atoms with E-state index < -0.39 is 0 Å². The molecule has 3 saturated heterocycles. The predicted molar refractivity (Wildman–Crippen MR) is 124 cm³/mol. The molecular weight excluding hydrogens is 432 g/mol. The fraction of sp³-hybridized carbons (Fsp3) is 0.680. The predicted octanol–water partition coefficient (Wildman–Crippen LogP) is 0.923. The summed E-state index contributed by atoms with van der Waals surface area (Å²) in [4.78, 5) is 14.4. The number of fused-ring (bicyclic) bond motifs is 1. The maximum Gasteiger partial charge on any atom is 0.223 e. The van der Waals surface area contributed by atoms with E-state index >= 15 is 0 Å². The van der Waals surface area contributed by atoms with Crippen LogP contribution in [0.15, 0.2) is 24.3 Å². The number of aromatic nitrogens is 4. The van der Waals surface area contributed by atoms with Gasteiger partial charge in [0.25, 0.3) is 0 Å². The van der Waals surface area contributed by atoms with Gasteiger partial charge in [-0.05, 0) is 29.3 Å². The van der Waals surface area contributed by atoms with E-state index in [9.17, 15) is 4.79 Å². The van der Waals surface area contributed by atoms with Gasteiger partial charge in [-0.2, -0.15) is 0 Å². The first kappa shape index (κ1) is 22.1. The van der Waals surface area contributed by atoms with Gasteiger partial charge in [0.15, 0.2) is 5.82 Å². The molecule has 2 aromatic rings. The molecule has 3 aliphatic heterocycles. The average molecular weight is 468 g/mol. The Morgan fingerprint density at radius 1 is 1.06 bits per heavy atom. The molecule has 1 aromatic heterocycles. The number of amides is 1. The van der Waals surface area contributed by atoms with E-state index in [0.717, 1.165) is 43.6 Å². The molecule has 34 heavy (non-hydrogen) atoms. The average Bonchev–Trinajstić information content (AvgIpc) is 3.66. The summed E-state index contributed by atoms with van der Waals surface area (Å²) in [6, 6.07) is 8.34. The zero-order chi connectivity index (χ0) is 22.9. The molecule has 4 atom stereocenters. The van der Waals surface area contributed by atoms with Crippen molar-refractivity contribution in [1.82, 2.24) is 25.5 Å². The molecule has 2 N–H and O–H groups in total. The van der Waals surface area contributed by atoms with Crippen molar-refractivity contribution in [3.05, 3.63) is 29.8 Å². The normalized spacial score (nSPS) is 30.0. The number of likely N-dealkylation sites (tertiary alicyclic amines) is 1. The molecule has 0 bridgehead atoms. The third-order valence-electron chi connectivity index (χ3n) is 8.09. The largest absolute Gasteiger partial charge is 0.371 e. The second kappa shape index (κ2) is 9.71. The van der Waals surface area contributed by atoms with Gasteiger partial charge in [-0.1, -0.05) is 37.5 Å². The minimum absolute atomic E-state index is 0.112. The number of rotatable bonds is 6.